The number of aliphatic hydroxyl groups is 1. The fourth-order valence-electron chi connectivity index (χ4n) is 2.56. The summed E-state index contributed by atoms with van der Waals surface area (Å²) in [6.45, 7) is 0.362. The third kappa shape index (κ3) is 3.12. The average Bonchev–Trinajstić information content (AvgIpc) is 2.94. The number of hydrogen-bond acceptors (Lipinski definition) is 3. The molecule has 1 aliphatic heterocycles. The molecule has 1 aliphatic carbocycles. The largest absolute Gasteiger partial charge is 0.488 e. The number of amides is 1. The van der Waals surface area contributed by atoms with Crippen LogP contribution in [0.2, 0.25) is 5.02 Å². The Bertz CT molecular complexity index is 624. The van der Waals surface area contributed by atoms with Gasteiger partial charge in [0.2, 0.25) is 0 Å². The zero-order valence-corrected chi connectivity index (χ0v) is 12.1. The summed E-state index contributed by atoms with van der Waals surface area (Å²) in [5.41, 5.74) is 1.39. The van der Waals surface area contributed by atoms with Crippen LogP contribution in [0.25, 0.3) is 6.08 Å². The molecule has 1 heterocycles. The van der Waals surface area contributed by atoms with Crippen LogP contribution in [0.15, 0.2) is 35.9 Å². The van der Waals surface area contributed by atoms with Gasteiger partial charge in [-0.05, 0) is 30.7 Å². The van der Waals surface area contributed by atoms with E-state index in [4.69, 9.17) is 21.4 Å². The smallest absolute Gasteiger partial charge is 0.251 e. The van der Waals surface area contributed by atoms with E-state index < -0.39 is 0 Å². The summed E-state index contributed by atoms with van der Waals surface area (Å²) in [4.78, 5) is 12.3. The van der Waals surface area contributed by atoms with Gasteiger partial charge in [0.05, 0.1) is 5.57 Å². The Kier molecular flexibility index (Phi) is 3.99. The summed E-state index contributed by atoms with van der Waals surface area (Å²) in [5.74, 6) is 0.720. The molecule has 0 unspecified atom stereocenters. The van der Waals surface area contributed by atoms with E-state index in [1.165, 1.54) is 0 Å². The van der Waals surface area contributed by atoms with Crippen molar-refractivity contribution in [2.75, 3.05) is 13.2 Å². The van der Waals surface area contributed by atoms with Gasteiger partial charge in [-0.1, -0.05) is 23.8 Å². The third-order valence-electron chi connectivity index (χ3n) is 3.70. The van der Waals surface area contributed by atoms with Crippen LogP contribution in [-0.4, -0.2) is 30.3 Å². The molecule has 0 fully saturated rings. The third-order valence-corrected chi connectivity index (χ3v) is 3.93. The first kappa shape index (κ1) is 14.2. The molecule has 21 heavy (non-hydrogen) atoms. The number of aliphatic hydroxyl groups excluding tert-OH is 1. The Morgan fingerprint density at radius 3 is 3.05 bits per heavy atom. The molecular weight excluding hydrogens is 290 g/mol. The Labute approximate surface area is 128 Å². The van der Waals surface area contributed by atoms with Crippen molar-refractivity contribution in [2.24, 2.45) is 5.92 Å². The second-order valence-electron chi connectivity index (χ2n) is 5.28. The minimum atomic E-state index is -0.145. The summed E-state index contributed by atoms with van der Waals surface area (Å²) in [5, 5.41) is 12.6. The van der Waals surface area contributed by atoms with Gasteiger partial charge in [-0.3, -0.25) is 4.79 Å². The average molecular weight is 306 g/mol. The van der Waals surface area contributed by atoms with Crippen molar-refractivity contribution in [1.29, 1.82) is 0 Å². The Morgan fingerprint density at radius 2 is 2.29 bits per heavy atom. The maximum Gasteiger partial charge on any atom is 0.251 e. The van der Waals surface area contributed by atoms with Crippen LogP contribution in [0.5, 0.6) is 5.75 Å². The van der Waals surface area contributed by atoms with Crippen molar-refractivity contribution in [2.45, 2.75) is 12.5 Å². The van der Waals surface area contributed by atoms with Crippen molar-refractivity contribution < 1.29 is 14.6 Å². The highest BCUT2D eigenvalue weighted by Gasteiger charge is 2.23. The van der Waals surface area contributed by atoms with Gasteiger partial charge in [0.1, 0.15) is 12.4 Å². The molecule has 2 aliphatic rings. The van der Waals surface area contributed by atoms with E-state index in [1.54, 1.807) is 18.2 Å². The van der Waals surface area contributed by atoms with Crippen molar-refractivity contribution in [3.05, 3.63) is 46.5 Å². The molecule has 1 aromatic rings. The highest BCUT2D eigenvalue weighted by atomic mass is 35.5. The number of carbonyl (C=O) groups excluding carboxylic acids is 1. The first-order valence-electron chi connectivity index (χ1n) is 6.88. The molecule has 0 spiro atoms. The van der Waals surface area contributed by atoms with Gasteiger partial charge in [-0.2, -0.15) is 0 Å². The molecule has 0 aromatic heterocycles. The number of carbonyl (C=O) groups is 1. The predicted octanol–water partition coefficient (Wildman–Crippen LogP) is 2.17. The lowest BCUT2D eigenvalue weighted by Gasteiger charge is -2.19. The standard InChI is InChI=1S/C16H16ClNO3/c17-13-2-4-15-11(7-13)6-12(9-21-15)16(20)18-14-3-1-10(5-14)8-19/h1-4,6-7,10,14,19H,5,8-9H2,(H,18,20)/t10-,14+/m0/s1. The summed E-state index contributed by atoms with van der Waals surface area (Å²) in [6.07, 6.45) is 6.40. The number of hydrogen-bond donors (Lipinski definition) is 2. The quantitative estimate of drug-likeness (QED) is 0.842. The van der Waals surface area contributed by atoms with Gasteiger partial charge in [0, 0.05) is 29.2 Å². The number of fused-ring (bicyclic) bond motifs is 1. The van der Waals surface area contributed by atoms with Crippen molar-refractivity contribution in [1.82, 2.24) is 5.32 Å². The Balaban J connectivity index is 1.70. The highest BCUT2D eigenvalue weighted by molar-refractivity contribution is 6.30. The fourth-order valence-corrected chi connectivity index (χ4v) is 2.74. The summed E-state index contributed by atoms with van der Waals surface area (Å²) in [7, 11) is 0. The number of nitrogens with one attached hydrogen (secondary N) is 1. The zero-order valence-electron chi connectivity index (χ0n) is 11.4. The number of ether oxygens (including phenoxy) is 1. The van der Waals surface area contributed by atoms with Crippen LogP contribution in [0.3, 0.4) is 0 Å². The Hall–Kier alpha value is -1.78. The molecule has 2 N–H and O–H groups in total. The number of halogens is 1. The molecular formula is C16H16ClNO3. The molecule has 0 saturated heterocycles. The van der Waals surface area contributed by atoms with E-state index in [-0.39, 0.29) is 31.1 Å². The second-order valence-corrected chi connectivity index (χ2v) is 5.72. The molecule has 3 rings (SSSR count). The lowest BCUT2D eigenvalue weighted by atomic mass is 10.1. The molecule has 4 nitrogen and oxygen atoms in total. The SMILES string of the molecule is O=C(N[C@@H]1C=C[C@H](CO)C1)C1=Cc2cc(Cl)ccc2OC1. The molecule has 0 radical (unpaired) electrons. The van der Waals surface area contributed by atoms with Gasteiger partial charge in [0.15, 0.2) is 0 Å². The second kappa shape index (κ2) is 5.92. The maximum absolute atomic E-state index is 12.3. The van der Waals surface area contributed by atoms with Crippen LogP contribution in [0, 0.1) is 5.92 Å². The van der Waals surface area contributed by atoms with Crippen LogP contribution >= 0.6 is 11.6 Å². The minimum absolute atomic E-state index is 0.0312. The number of benzene rings is 1. The van der Waals surface area contributed by atoms with Crippen LogP contribution in [-0.2, 0) is 4.79 Å². The minimum Gasteiger partial charge on any atom is -0.488 e. The molecule has 0 saturated carbocycles. The van der Waals surface area contributed by atoms with Gasteiger partial charge in [-0.25, -0.2) is 0 Å². The van der Waals surface area contributed by atoms with Gasteiger partial charge in [-0.15, -0.1) is 0 Å². The van der Waals surface area contributed by atoms with Crippen molar-refractivity contribution >= 4 is 23.6 Å². The topological polar surface area (TPSA) is 58.6 Å². The molecule has 1 amide bonds. The monoisotopic (exact) mass is 305 g/mol. The maximum atomic E-state index is 12.3. The van der Waals surface area contributed by atoms with Crippen molar-refractivity contribution in [3.8, 4) is 5.75 Å². The fraction of sp³-hybridized carbons (Fsp3) is 0.312. The molecule has 1 aromatic carbocycles. The number of rotatable bonds is 3. The predicted molar refractivity (Wildman–Crippen MR) is 81.2 cm³/mol. The van der Waals surface area contributed by atoms with E-state index in [1.807, 2.05) is 18.2 Å². The first-order chi connectivity index (χ1) is 10.2. The first-order valence-corrected chi connectivity index (χ1v) is 7.26. The van der Waals surface area contributed by atoms with Crippen LogP contribution in [0.1, 0.15) is 12.0 Å². The molecule has 5 heteroatoms. The summed E-state index contributed by atoms with van der Waals surface area (Å²) >= 11 is 5.96. The normalized spacial score (nSPS) is 23.2. The van der Waals surface area contributed by atoms with Gasteiger partial charge in [0.25, 0.3) is 5.91 Å². The van der Waals surface area contributed by atoms with Crippen LogP contribution in [0.4, 0.5) is 0 Å². The Morgan fingerprint density at radius 1 is 1.43 bits per heavy atom. The van der Waals surface area contributed by atoms with Crippen molar-refractivity contribution in [3.63, 3.8) is 0 Å². The molecule has 0 bridgehead atoms. The van der Waals surface area contributed by atoms with Crippen LogP contribution < -0.4 is 10.1 Å². The highest BCUT2D eigenvalue weighted by Crippen LogP contribution is 2.29. The van der Waals surface area contributed by atoms with E-state index in [9.17, 15) is 4.79 Å². The molecule has 110 valence electrons. The molecule has 2 atom stereocenters. The lowest BCUT2D eigenvalue weighted by molar-refractivity contribution is -0.118. The zero-order chi connectivity index (χ0) is 14.8. The van der Waals surface area contributed by atoms with E-state index in [0.717, 1.165) is 17.7 Å². The summed E-state index contributed by atoms with van der Waals surface area (Å²) < 4.78 is 5.57. The lowest BCUT2D eigenvalue weighted by Crippen LogP contribution is -2.35. The van der Waals surface area contributed by atoms with E-state index in [2.05, 4.69) is 5.32 Å². The van der Waals surface area contributed by atoms with Gasteiger partial charge < -0.3 is 15.2 Å². The van der Waals surface area contributed by atoms with E-state index >= 15 is 0 Å². The summed E-state index contributed by atoms with van der Waals surface area (Å²) in [6, 6.07) is 5.31. The van der Waals surface area contributed by atoms with E-state index in [0.29, 0.717) is 10.6 Å². The van der Waals surface area contributed by atoms with Gasteiger partial charge >= 0.3 is 0 Å².